The van der Waals surface area contributed by atoms with Crippen LogP contribution in [0.3, 0.4) is 0 Å². The molecule has 0 aliphatic heterocycles. The van der Waals surface area contributed by atoms with E-state index in [9.17, 15) is 10.2 Å². The van der Waals surface area contributed by atoms with Gasteiger partial charge in [-0.15, -0.1) is 0 Å². The number of rotatable bonds is 3. The van der Waals surface area contributed by atoms with E-state index in [2.05, 4.69) is 0 Å². The molecule has 0 heterocycles. The molecule has 3 aromatic carbocycles. The molecule has 0 aliphatic carbocycles. The molecule has 2 nitrogen and oxygen atoms in total. The molecule has 110 valence electrons. The third-order valence-corrected chi connectivity index (χ3v) is 3.72. The van der Waals surface area contributed by atoms with Gasteiger partial charge in [-0.2, -0.15) is 0 Å². The first-order valence-corrected chi connectivity index (χ1v) is 7.26. The Morgan fingerprint density at radius 3 is 1.73 bits per heavy atom. The van der Waals surface area contributed by atoms with E-state index >= 15 is 0 Å². The lowest BCUT2D eigenvalue weighted by molar-refractivity contribution is -0.152. The van der Waals surface area contributed by atoms with Crippen LogP contribution in [0.2, 0.25) is 0 Å². The van der Waals surface area contributed by atoms with Gasteiger partial charge < -0.3 is 10.2 Å². The van der Waals surface area contributed by atoms with Crippen LogP contribution in [0.15, 0.2) is 78.9 Å². The van der Waals surface area contributed by atoms with Gasteiger partial charge in [0.2, 0.25) is 0 Å². The van der Waals surface area contributed by atoms with Crippen LogP contribution in [0.1, 0.15) is 12.5 Å². The molecule has 0 saturated carbocycles. The molecule has 3 aromatic rings. The van der Waals surface area contributed by atoms with Crippen LogP contribution in [0, 0.1) is 0 Å². The summed E-state index contributed by atoms with van der Waals surface area (Å²) in [5.41, 5.74) is 4.35. The maximum absolute atomic E-state index is 10.2. The van der Waals surface area contributed by atoms with E-state index < -0.39 is 5.79 Å². The summed E-state index contributed by atoms with van der Waals surface area (Å²) >= 11 is 0. The van der Waals surface area contributed by atoms with E-state index in [4.69, 9.17) is 0 Å². The highest BCUT2D eigenvalue weighted by molar-refractivity contribution is 5.86. The fourth-order valence-electron chi connectivity index (χ4n) is 2.72. The van der Waals surface area contributed by atoms with Crippen molar-refractivity contribution in [2.24, 2.45) is 0 Å². The Kier molecular flexibility index (Phi) is 3.80. The maximum atomic E-state index is 10.2. The second kappa shape index (κ2) is 5.76. The van der Waals surface area contributed by atoms with E-state index in [0.29, 0.717) is 5.56 Å². The van der Waals surface area contributed by atoms with Gasteiger partial charge in [0.25, 0.3) is 0 Å². The Bertz CT molecular complexity index is 757. The lowest BCUT2D eigenvalue weighted by atomic mass is 9.88. The van der Waals surface area contributed by atoms with Gasteiger partial charge in [0, 0.05) is 5.56 Å². The molecule has 3 rings (SSSR count). The first-order chi connectivity index (χ1) is 10.6. The molecule has 22 heavy (non-hydrogen) atoms. The van der Waals surface area contributed by atoms with Gasteiger partial charge >= 0.3 is 0 Å². The smallest absolute Gasteiger partial charge is 0.187 e. The molecule has 0 aliphatic rings. The van der Waals surface area contributed by atoms with E-state index in [1.807, 2.05) is 72.8 Å². The van der Waals surface area contributed by atoms with Crippen molar-refractivity contribution in [2.75, 3.05) is 0 Å². The van der Waals surface area contributed by atoms with Crippen molar-refractivity contribution in [3.63, 3.8) is 0 Å². The minimum atomic E-state index is -1.89. The van der Waals surface area contributed by atoms with E-state index in [-0.39, 0.29) is 0 Å². The average Bonchev–Trinajstić information content (AvgIpc) is 2.55. The van der Waals surface area contributed by atoms with Crippen LogP contribution in [0.5, 0.6) is 0 Å². The van der Waals surface area contributed by atoms with Gasteiger partial charge in [0.05, 0.1) is 0 Å². The Morgan fingerprint density at radius 1 is 0.636 bits per heavy atom. The van der Waals surface area contributed by atoms with Gasteiger partial charge in [-0.3, -0.25) is 0 Å². The summed E-state index contributed by atoms with van der Waals surface area (Å²) in [6.07, 6.45) is 0. The predicted molar refractivity (Wildman–Crippen MR) is 89.1 cm³/mol. The highest BCUT2D eigenvalue weighted by Crippen LogP contribution is 2.38. The fraction of sp³-hybridized carbons (Fsp3) is 0.100. The topological polar surface area (TPSA) is 40.5 Å². The second-order valence-electron chi connectivity index (χ2n) is 5.48. The molecular formula is C20H18O2. The van der Waals surface area contributed by atoms with Crippen LogP contribution >= 0.6 is 0 Å². The summed E-state index contributed by atoms with van der Waals surface area (Å²) in [5, 5.41) is 20.3. The molecule has 0 aromatic heterocycles. The Morgan fingerprint density at radius 2 is 1.18 bits per heavy atom. The molecule has 0 spiro atoms. The average molecular weight is 290 g/mol. The lowest BCUT2D eigenvalue weighted by Gasteiger charge is -2.23. The van der Waals surface area contributed by atoms with Gasteiger partial charge in [-0.1, -0.05) is 78.9 Å². The molecule has 0 fully saturated rings. The second-order valence-corrected chi connectivity index (χ2v) is 5.48. The zero-order chi connectivity index (χ0) is 15.6. The minimum Gasteiger partial charge on any atom is -0.362 e. The number of hydrogen-bond acceptors (Lipinski definition) is 2. The Balaban J connectivity index is 2.32. The standard InChI is InChI=1S/C20H18O2/c1-20(21,22)18-14-8-13-17(15-9-4-2-5-10-15)19(18)16-11-6-3-7-12-16/h2-14,21-22H,1H3. The SMILES string of the molecule is CC(O)(O)c1cccc(-c2ccccc2)c1-c1ccccc1. The quantitative estimate of drug-likeness (QED) is 0.710. The van der Waals surface area contributed by atoms with Crippen molar-refractivity contribution in [1.82, 2.24) is 0 Å². The van der Waals surface area contributed by atoms with Crippen LogP contribution in [0.25, 0.3) is 22.3 Å². The normalized spacial score (nSPS) is 11.4. The summed E-state index contributed by atoms with van der Waals surface area (Å²) in [5.74, 6) is -1.89. The third kappa shape index (κ3) is 2.80. The molecule has 0 unspecified atom stereocenters. The summed E-state index contributed by atoms with van der Waals surface area (Å²) in [7, 11) is 0. The number of benzene rings is 3. The zero-order valence-corrected chi connectivity index (χ0v) is 12.4. The summed E-state index contributed by atoms with van der Waals surface area (Å²) < 4.78 is 0. The fourth-order valence-corrected chi connectivity index (χ4v) is 2.72. The third-order valence-electron chi connectivity index (χ3n) is 3.72. The molecule has 2 N–H and O–H groups in total. The summed E-state index contributed by atoms with van der Waals surface area (Å²) in [4.78, 5) is 0. The molecule has 0 bridgehead atoms. The van der Waals surface area contributed by atoms with Crippen molar-refractivity contribution in [1.29, 1.82) is 0 Å². The highest BCUT2D eigenvalue weighted by Gasteiger charge is 2.25. The summed E-state index contributed by atoms with van der Waals surface area (Å²) in [6.45, 7) is 1.39. The van der Waals surface area contributed by atoms with E-state index in [1.54, 1.807) is 6.07 Å². The first kappa shape index (κ1) is 14.5. The van der Waals surface area contributed by atoms with Gasteiger partial charge in [0.1, 0.15) is 0 Å². The van der Waals surface area contributed by atoms with Crippen molar-refractivity contribution in [2.45, 2.75) is 12.7 Å². The number of aliphatic hydroxyl groups is 2. The van der Waals surface area contributed by atoms with Crippen LogP contribution in [-0.4, -0.2) is 10.2 Å². The lowest BCUT2D eigenvalue weighted by Crippen LogP contribution is -2.21. The molecule has 0 amide bonds. The zero-order valence-electron chi connectivity index (χ0n) is 12.4. The first-order valence-electron chi connectivity index (χ1n) is 7.26. The van der Waals surface area contributed by atoms with Crippen molar-refractivity contribution < 1.29 is 10.2 Å². The number of hydrogen-bond donors (Lipinski definition) is 2. The summed E-state index contributed by atoms with van der Waals surface area (Å²) in [6, 6.07) is 25.4. The molecule has 2 heteroatoms. The van der Waals surface area contributed by atoms with Crippen molar-refractivity contribution >= 4 is 0 Å². The van der Waals surface area contributed by atoms with Crippen LogP contribution < -0.4 is 0 Å². The molecular weight excluding hydrogens is 272 g/mol. The maximum Gasteiger partial charge on any atom is 0.187 e. The van der Waals surface area contributed by atoms with Crippen molar-refractivity contribution in [3.8, 4) is 22.3 Å². The van der Waals surface area contributed by atoms with E-state index in [1.165, 1.54) is 6.92 Å². The monoisotopic (exact) mass is 290 g/mol. The van der Waals surface area contributed by atoms with Crippen LogP contribution in [-0.2, 0) is 5.79 Å². The minimum absolute atomic E-state index is 0.500. The van der Waals surface area contributed by atoms with Crippen molar-refractivity contribution in [3.05, 3.63) is 84.4 Å². The highest BCUT2D eigenvalue weighted by atomic mass is 16.5. The van der Waals surface area contributed by atoms with E-state index in [0.717, 1.165) is 22.3 Å². The molecule has 0 atom stereocenters. The Hall–Kier alpha value is -2.42. The van der Waals surface area contributed by atoms with Gasteiger partial charge in [-0.05, 0) is 29.2 Å². The largest absolute Gasteiger partial charge is 0.362 e. The molecule has 0 saturated heterocycles. The predicted octanol–water partition coefficient (Wildman–Crippen LogP) is 4.18. The van der Waals surface area contributed by atoms with Gasteiger partial charge in [0.15, 0.2) is 5.79 Å². The van der Waals surface area contributed by atoms with Crippen LogP contribution in [0.4, 0.5) is 0 Å². The Labute approximate surface area is 130 Å². The molecule has 0 radical (unpaired) electrons. The van der Waals surface area contributed by atoms with Gasteiger partial charge in [-0.25, -0.2) is 0 Å².